The van der Waals surface area contributed by atoms with Crippen molar-refractivity contribution in [3.8, 4) is 0 Å². The summed E-state index contributed by atoms with van der Waals surface area (Å²) in [6, 6.07) is 0. The second kappa shape index (κ2) is 9.01. The number of nitrogens with zero attached hydrogens (tertiary/aromatic N) is 2. The van der Waals surface area contributed by atoms with E-state index in [1.54, 1.807) is 0 Å². The van der Waals surface area contributed by atoms with Gasteiger partial charge in [0.15, 0.2) is 0 Å². The maximum atomic E-state index is 5.28. The van der Waals surface area contributed by atoms with Gasteiger partial charge in [-0.2, -0.15) is 0 Å². The van der Waals surface area contributed by atoms with Crippen LogP contribution in [0.3, 0.4) is 0 Å². The monoisotopic (exact) mass is 284 g/mol. The van der Waals surface area contributed by atoms with E-state index in [9.17, 15) is 0 Å². The average Bonchev–Trinajstić information content (AvgIpc) is 2.36. The lowest BCUT2D eigenvalue weighted by molar-refractivity contribution is 0.138. The topological polar surface area (TPSA) is 15.7 Å². The normalized spacial score (nSPS) is 20.2. The van der Waals surface area contributed by atoms with Crippen LogP contribution in [0.4, 0.5) is 0 Å². The van der Waals surface area contributed by atoms with Gasteiger partial charge in [-0.1, -0.05) is 20.8 Å². The Bertz CT molecular complexity index is 242. The summed E-state index contributed by atoms with van der Waals surface area (Å²) in [5.74, 6) is 0.822. The van der Waals surface area contributed by atoms with Gasteiger partial charge in [0.25, 0.3) is 0 Å². The fraction of sp³-hybridized carbons (Fsp3) is 1.00. The van der Waals surface area contributed by atoms with Gasteiger partial charge >= 0.3 is 0 Å². The number of hydrogen-bond acceptors (Lipinski definition) is 3. The third-order valence-corrected chi connectivity index (χ3v) is 4.31. The lowest BCUT2D eigenvalue weighted by atomic mass is 9.81. The van der Waals surface area contributed by atoms with E-state index >= 15 is 0 Å². The van der Waals surface area contributed by atoms with E-state index in [0.717, 1.165) is 12.5 Å². The second-order valence-electron chi connectivity index (χ2n) is 7.70. The fourth-order valence-corrected chi connectivity index (χ4v) is 3.17. The van der Waals surface area contributed by atoms with Crippen molar-refractivity contribution in [1.29, 1.82) is 0 Å². The molecular weight excluding hydrogens is 248 g/mol. The summed E-state index contributed by atoms with van der Waals surface area (Å²) in [5, 5.41) is 0. The molecule has 1 heterocycles. The highest BCUT2D eigenvalue weighted by Gasteiger charge is 2.19. The first-order valence-corrected chi connectivity index (χ1v) is 8.30. The van der Waals surface area contributed by atoms with Gasteiger partial charge in [-0.25, -0.2) is 0 Å². The van der Waals surface area contributed by atoms with Crippen LogP contribution in [0.2, 0.25) is 0 Å². The van der Waals surface area contributed by atoms with E-state index in [2.05, 4.69) is 37.6 Å². The summed E-state index contributed by atoms with van der Waals surface area (Å²) in [7, 11) is 4.04. The van der Waals surface area contributed by atoms with Gasteiger partial charge in [0, 0.05) is 39.9 Å². The molecule has 0 unspecified atom stereocenters. The molecule has 0 saturated carbocycles. The van der Waals surface area contributed by atoms with E-state index in [1.807, 2.05) is 7.11 Å². The van der Waals surface area contributed by atoms with Gasteiger partial charge in [0.1, 0.15) is 0 Å². The van der Waals surface area contributed by atoms with Crippen molar-refractivity contribution in [3.05, 3.63) is 0 Å². The molecule has 1 aliphatic heterocycles. The number of piperazine rings is 1. The van der Waals surface area contributed by atoms with Crippen LogP contribution in [0.15, 0.2) is 0 Å². The van der Waals surface area contributed by atoms with Crippen LogP contribution in [0.5, 0.6) is 0 Å². The highest BCUT2D eigenvalue weighted by atomic mass is 16.5. The molecule has 0 spiro atoms. The summed E-state index contributed by atoms with van der Waals surface area (Å²) < 4.78 is 5.28. The van der Waals surface area contributed by atoms with E-state index in [-0.39, 0.29) is 0 Å². The van der Waals surface area contributed by atoms with Crippen molar-refractivity contribution in [2.24, 2.45) is 11.3 Å². The first kappa shape index (κ1) is 17.9. The number of hydrogen-bond donors (Lipinski definition) is 0. The van der Waals surface area contributed by atoms with Crippen molar-refractivity contribution in [1.82, 2.24) is 9.80 Å². The predicted octanol–water partition coefficient (Wildman–Crippen LogP) is 3.10. The molecular formula is C17H36N2O. The van der Waals surface area contributed by atoms with Crippen molar-refractivity contribution in [2.45, 2.75) is 46.5 Å². The van der Waals surface area contributed by atoms with Crippen molar-refractivity contribution in [3.63, 3.8) is 0 Å². The van der Waals surface area contributed by atoms with Crippen molar-refractivity contribution < 1.29 is 4.74 Å². The smallest absolute Gasteiger partial charge is 0.0464 e. The van der Waals surface area contributed by atoms with Crippen molar-refractivity contribution >= 4 is 0 Å². The Kier molecular flexibility index (Phi) is 8.08. The zero-order valence-electron chi connectivity index (χ0n) is 14.5. The third kappa shape index (κ3) is 8.23. The first-order chi connectivity index (χ1) is 9.40. The minimum Gasteiger partial charge on any atom is -0.385 e. The summed E-state index contributed by atoms with van der Waals surface area (Å²) in [6.07, 6.45) is 5.23. The molecule has 0 aromatic heterocycles. The molecule has 1 saturated heterocycles. The molecule has 0 aromatic rings. The van der Waals surface area contributed by atoms with E-state index < -0.39 is 0 Å². The molecule has 1 rings (SSSR count). The lowest BCUT2D eigenvalue weighted by Crippen LogP contribution is -2.44. The number of methoxy groups -OCH3 is 1. The molecule has 0 radical (unpaired) electrons. The zero-order chi connectivity index (χ0) is 15.0. The van der Waals surface area contributed by atoms with Crippen LogP contribution in [0, 0.1) is 11.3 Å². The Balaban J connectivity index is 2.23. The number of rotatable bonds is 8. The Hall–Kier alpha value is -0.120. The molecule has 1 fully saturated rings. The minimum atomic E-state index is 0.437. The number of ether oxygens (including phenoxy) is 1. The fourth-order valence-electron chi connectivity index (χ4n) is 3.17. The van der Waals surface area contributed by atoms with Gasteiger partial charge in [-0.3, -0.25) is 0 Å². The molecule has 1 atom stereocenters. The summed E-state index contributed by atoms with van der Waals surface area (Å²) in [6.45, 7) is 14.2. The van der Waals surface area contributed by atoms with Gasteiger partial charge in [0.05, 0.1) is 0 Å². The van der Waals surface area contributed by atoms with E-state index in [1.165, 1.54) is 58.4 Å². The summed E-state index contributed by atoms with van der Waals surface area (Å²) >= 11 is 0. The molecule has 0 aliphatic carbocycles. The summed E-state index contributed by atoms with van der Waals surface area (Å²) in [5.41, 5.74) is 0.437. The quantitative estimate of drug-likeness (QED) is 0.681. The number of likely N-dealkylation sites (N-methyl/N-ethyl adjacent to an activating group) is 1. The van der Waals surface area contributed by atoms with Gasteiger partial charge in [-0.05, 0) is 50.6 Å². The largest absolute Gasteiger partial charge is 0.385 e. The highest BCUT2D eigenvalue weighted by Crippen LogP contribution is 2.29. The first-order valence-electron chi connectivity index (χ1n) is 8.30. The van der Waals surface area contributed by atoms with Crippen LogP contribution >= 0.6 is 0 Å². The molecule has 120 valence electrons. The Labute approximate surface area is 126 Å². The van der Waals surface area contributed by atoms with Gasteiger partial charge < -0.3 is 14.5 Å². The van der Waals surface area contributed by atoms with Crippen LogP contribution in [-0.4, -0.2) is 63.3 Å². The van der Waals surface area contributed by atoms with Crippen LogP contribution in [0.25, 0.3) is 0 Å². The molecule has 20 heavy (non-hydrogen) atoms. The van der Waals surface area contributed by atoms with E-state index in [4.69, 9.17) is 4.74 Å². The molecule has 3 nitrogen and oxygen atoms in total. The molecule has 1 aliphatic rings. The van der Waals surface area contributed by atoms with Gasteiger partial charge in [0.2, 0.25) is 0 Å². The Morgan fingerprint density at radius 3 is 2.25 bits per heavy atom. The lowest BCUT2D eigenvalue weighted by Gasteiger charge is -2.33. The molecule has 0 amide bonds. The molecule has 0 aromatic carbocycles. The highest BCUT2D eigenvalue weighted by molar-refractivity contribution is 4.72. The zero-order valence-corrected chi connectivity index (χ0v) is 14.5. The Morgan fingerprint density at radius 2 is 1.70 bits per heavy atom. The maximum absolute atomic E-state index is 5.28. The van der Waals surface area contributed by atoms with Crippen molar-refractivity contribution in [2.75, 3.05) is 53.5 Å². The van der Waals surface area contributed by atoms with Crippen LogP contribution in [-0.2, 0) is 4.74 Å². The minimum absolute atomic E-state index is 0.437. The average molecular weight is 284 g/mol. The van der Waals surface area contributed by atoms with E-state index in [0.29, 0.717) is 5.41 Å². The van der Waals surface area contributed by atoms with Crippen LogP contribution in [0.1, 0.15) is 46.5 Å². The van der Waals surface area contributed by atoms with Crippen LogP contribution < -0.4 is 0 Å². The standard InChI is InChI=1S/C17H36N2O/c1-17(2,3)15-16(8-14-20-5)7-6-9-19-12-10-18(4)11-13-19/h16H,6-15H2,1-5H3/t16-/m1/s1. The SMILES string of the molecule is COCC[C@@H](CCCN1CCN(C)CC1)CC(C)(C)C. The summed E-state index contributed by atoms with van der Waals surface area (Å²) in [4.78, 5) is 5.06. The molecule has 0 N–H and O–H groups in total. The molecule has 0 bridgehead atoms. The maximum Gasteiger partial charge on any atom is 0.0464 e. The predicted molar refractivity (Wildman–Crippen MR) is 87.2 cm³/mol. The Morgan fingerprint density at radius 1 is 1.05 bits per heavy atom. The van der Waals surface area contributed by atoms with Gasteiger partial charge in [-0.15, -0.1) is 0 Å². The third-order valence-electron chi connectivity index (χ3n) is 4.31. The molecule has 3 heteroatoms. The second-order valence-corrected chi connectivity index (χ2v) is 7.70.